The van der Waals surface area contributed by atoms with E-state index in [-0.39, 0.29) is 4.83 Å². The Morgan fingerprint density at radius 3 is 2.38 bits per heavy atom. The first kappa shape index (κ1) is 16.6. The number of ketones is 1. The fraction of sp³-hybridized carbons (Fsp3) is 0.562. The van der Waals surface area contributed by atoms with Crippen LogP contribution in [0.25, 0.3) is 0 Å². The predicted octanol–water partition coefficient (Wildman–Crippen LogP) is 3.51. The number of carbonyl (C=O) groups excluding carboxylic acids is 1. The minimum absolute atomic E-state index is 0.0147. The van der Waals surface area contributed by atoms with Gasteiger partial charge in [-0.3, -0.25) is 4.79 Å². The number of hydrogen-bond donors (Lipinski definition) is 0. The lowest BCUT2D eigenvalue weighted by Gasteiger charge is -2.38. The molecule has 1 aliphatic rings. The fourth-order valence-electron chi connectivity index (χ4n) is 3.51. The molecule has 1 aliphatic heterocycles. The summed E-state index contributed by atoms with van der Waals surface area (Å²) in [5.41, 5.74) is 0. The lowest BCUT2D eigenvalue weighted by molar-refractivity contribution is -0.118. The molecule has 5 heteroatoms. The smallest absolute Gasteiger partial charge is 0.145 e. The van der Waals surface area contributed by atoms with E-state index >= 15 is 0 Å². The summed E-state index contributed by atoms with van der Waals surface area (Å²) in [5.74, 6) is 2.18. The number of benzene rings is 1. The second kappa shape index (κ2) is 6.96. The van der Waals surface area contributed by atoms with Crippen LogP contribution in [0, 0.1) is 0 Å². The molecule has 1 saturated heterocycles. The topological polar surface area (TPSA) is 35.5 Å². The Hall–Kier alpha value is -0.813. The second-order valence-corrected chi connectivity index (χ2v) is 11.3. The molecule has 0 bridgehead atoms. The van der Waals surface area contributed by atoms with Gasteiger partial charge in [0.05, 0.1) is 27.1 Å². The van der Waals surface area contributed by atoms with Crippen LogP contribution in [-0.4, -0.2) is 32.9 Å². The third kappa shape index (κ3) is 3.18. The van der Waals surface area contributed by atoms with E-state index in [9.17, 15) is 4.79 Å². The van der Waals surface area contributed by atoms with Crippen molar-refractivity contribution < 1.29 is 14.3 Å². The number of hydrogen-bond acceptors (Lipinski definition) is 3. The Morgan fingerprint density at radius 2 is 1.90 bits per heavy atom. The molecule has 1 aromatic rings. The average Bonchev–Trinajstić information content (AvgIpc) is 2.50. The fourth-order valence-corrected chi connectivity index (χ4v) is 11.0. The Kier molecular flexibility index (Phi) is 5.49. The summed E-state index contributed by atoms with van der Waals surface area (Å²) in [6, 6.07) is 9.10. The van der Waals surface area contributed by atoms with Crippen molar-refractivity contribution in [3.05, 3.63) is 18.2 Å². The molecule has 1 aromatic carbocycles. The van der Waals surface area contributed by atoms with Gasteiger partial charge in [-0.25, -0.2) is 0 Å². The van der Waals surface area contributed by atoms with E-state index < -0.39 is 8.07 Å². The van der Waals surface area contributed by atoms with Crippen molar-refractivity contribution in [2.45, 2.75) is 42.7 Å². The molecule has 2 atom stereocenters. The van der Waals surface area contributed by atoms with Crippen molar-refractivity contribution in [1.29, 1.82) is 0 Å². The standard InChI is InChI=1S/C16H23BrO3Si/c1-4-9-21(10-8-13(18)12(17)11-21)16-14(19-2)6-5-7-15(16)20-3/h5-7,12H,4,8-11H2,1-3H3. The van der Waals surface area contributed by atoms with Crippen LogP contribution in [0.15, 0.2) is 18.2 Å². The van der Waals surface area contributed by atoms with Gasteiger partial charge in [0.2, 0.25) is 0 Å². The maximum Gasteiger partial charge on any atom is 0.145 e. The van der Waals surface area contributed by atoms with Crippen LogP contribution in [0.5, 0.6) is 11.5 Å². The maximum atomic E-state index is 11.9. The zero-order chi connectivity index (χ0) is 15.5. The highest BCUT2D eigenvalue weighted by Crippen LogP contribution is 2.38. The monoisotopic (exact) mass is 370 g/mol. The molecule has 2 rings (SSSR count). The predicted molar refractivity (Wildman–Crippen MR) is 92.0 cm³/mol. The molecule has 1 fully saturated rings. The molecule has 0 aliphatic carbocycles. The normalized spacial score (nSPS) is 25.7. The molecule has 116 valence electrons. The van der Waals surface area contributed by atoms with E-state index in [1.54, 1.807) is 14.2 Å². The Bertz CT molecular complexity index is 498. The van der Waals surface area contributed by atoms with Crippen LogP contribution in [0.4, 0.5) is 0 Å². The molecule has 3 nitrogen and oxygen atoms in total. The lowest BCUT2D eigenvalue weighted by Crippen LogP contribution is -2.53. The van der Waals surface area contributed by atoms with Gasteiger partial charge >= 0.3 is 0 Å². The highest BCUT2D eigenvalue weighted by atomic mass is 79.9. The molecule has 0 aromatic heterocycles. The second-order valence-electron chi connectivity index (χ2n) is 5.71. The zero-order valence-corrected chi connectivity index (χ0v) is 15.5. The highest BCUT2D eigenvalue weighted by Gasteiger charge is 2.45. The number of halogens is 1. The van der Waals surface area contributed by atoms with Crippen LogP contribution in [0.1, 0.15) is 19.8 Å². The van der Waals surface area contributed by atoms with E-state index in [0.717, 1.165) is 30.0 Å². The number of Topliss-reactive ketones (excluding diaryl/α,β-unsaturated/α-hetero) is 1. The Balaban J connectivity index is 2.55. The van der Waals surface area contributed by atoms with E-state index in [0.29, 0.717) is 12.2 Å². The summed E-state index contributed by atoms with van der Waals surface area (Å²) >= 11 is 3.59. The Morgan fingerprint density at radius 1 is 1.29 bits per heavy atom. The molecule has 2 unspecified atom stereocenters. The molecule has 21 heavy (non-hydrogen) atoms. The van der Waals surface area contributed by atoms with Crippen molar-refractivity contribution in [2.24, 2.45) is 0 Å². The SMILES string of the molecule is CCC[Si]1(c2c(OC)cccc2OC)CCC(=O)C(Br)C1. The van der Waals surface area contributed by atoms with Crippen LogP contribution in [-0.2, 0) is 4.79 Å². The number of alkyl halides is 1. The summed E-state index contributed by atoms with van der Waals surface area (Å²) < 4.78 is 11.3. The van der Waals surface area contributed by atoms with Crippen LogP contribution in [0.2, 0.25) is 18.1 Å². The van der Waals surface area contributed by atoms with Gasteiger partial charge in [-0.1, -0.05) is 41.4 Å². The van der Waals surface area contributed by atoms with Crippen molar-refractivity contribution >= 4 is 35.0 Å². The van der Waals surface area contributed by atoms with E-state index in [4.69, 9.17) is 9.47 Å². The van der Waals surface area contributed by atoms with E-state index in [1.165, 1.54) is 11.2 Å². The number of rotatable bonds is 5. The summed E-state index contributed by atoms with van der Waals surface area (Å²) in [4.78, 5) is 11.9. The van der Waals surface area contributed by atoms with E-state index in [2.05, 4.69) is 22.9 Å². The summed E-state index contributed by atoms with van der Waals surface area (Å²) in [7, 11) is 1.62. The van der Waals surface area contributed by atoms with Crippen molar-refractivity contribution in [3.8, 4) is 11.5 Å². The van der Waals surface area contributed by atoms with Crippen molar-refractivity contribution in [2.75, 3.05) is 14.2 Å². The van der Waals surface area contributed by atoms with Gasteiger partial charge in [0.25, 0.3) is 0 Å². The van der Waals surface area contributed by atoms with Crippen molar-refractivity contribution in [1.82, 2.24) is 0 Å². The molecular weight excluding hydrogens is 348 g/mol. The highest BCUT2D eigenvalue weighted by molar-refractivity contribution is 9.10. The number of carbonyl (C=O) groups is 1. The molecular formula is C16H23BrO3Si. The summed E-state index contributed by atoms with van der Waals surface area (Å²) in [5, 5.41) is 1.26. The third-order valence-corrected chi connectivity index (χ3v) is 11.3. The van der Waals surface area contributed by atoms with Crippen LogP contribution >= 0.6 is 15.9 Å². The molecule has 1 heterocycles. The molecule has 0 radical (unpaired) electrons. The number of ether oxygens (including phenoxy) is 2. The number of methoxy groups -OCH3 is 2. The molecule has 0 N–H and O–H groups in total. The van der Waals surface area contributed by atoms with Crippen LogP contribution < -0.4 is 14.7 Å². The lowest BCUT2D eigenvalue weighted by atomic mass is 10.2. The third-order valence-electron chi connectivity index (χ3n) is 4.46. The quantitative estimate of drug-likeness (QED) is 0.587. The van der Waals surface area contributed by atoms with Crippen LogP contribution in [0.3, 0.4) is 0 Å². The summed E-state index contributed by atoms with van der Waals surface area (Å²) in [6.07, 6.45) is 1.80. The first-order valence-electron chi connectivity index (χ1n) is 7.46. The van der Waals surface area contributed by atoms with Gasteiger partial charge in [0.15, 0.2) is 0 Å². The average molecular weight is 371 g/mol. The maximum absolute atomic E-state index is 11.9. The van der Waals surface area contributed by atoms with E-state index in [1.807, 2.05) is 18.2 Å². The van der Waals surface area contributed by atoms with Gasteiger partial charge in [-0.15, -0.1) is 0 Å². The molecule has 0 amide bonds. The van der Waals surface area contributed by atoms with Gasteiger partial charge in [0.1, 0.15) is 17.3 Å². The first-order valence-corrected chi connectivity index (χ1v) is 11.0. The zero-order valence-electron chi connectivity index (χ0n) is 12.9. The van der Waals surface area contributed by atoms with Gasteiger partial charge in [-0.05, 0) is 24.2 Å². The molecule has 0 spiro atoms. The summed E-state index contributed by atoms with van der Waals surface area (Å²) in [6.45, 7) is 2.22. The van der Waals surface area contributed by atoms with Gasteiger partial charge in [0, 0.05) is 11.6 Å². The largest absolute Gasteiger partial charge is 0.497 e. The minimum atomic E-state index is -1.81. The minimum Gasteiger partial charge on any atom is -0.497 e. The van der Waals surface area contributed by atoms with Crippen molar-refractivity contribution in [3.63, 3.8) is 0 Å². The van der Waals surface area contributed by atoms with Gasteiger partial charge in [-0.2, -0.15) is 0 Å². The first-order chi connectivity index (χ1) is 10.1. The molecule has 0 saturated carbocycles. The van der Waals surface area contributed by atoms with Gasteiger partial charge < -0.3 is 9.47 Å². The Labute approximate surface area is 136 Å².